The summed E-state index contributed by atoms with van der Waals surface area (Å²) in [5, 5.41) is 9.03. The summed E-state index contributed by atoms with van der Waals surface area (Å²) in [6, 6.07) is 2.76. The lowest BCUT2D eigenvalue weighted by Crippen LogP contribution is -1.88. The first-order valence-corrected chi connectivity index (χ1v) is 3.67. The van der Waals surface area contributed by atoms with E-state index in [9.17, 15) is 4.39 Å². The van der Waals surface area contributed by atoms with E-state index >= 15 is 0 Å². The molecule has 1 aromatic carbocycles. The Morgan fingerprint density at radius 2 is 2.18 bits per heavy atom. The van der Waals surface area contributed by atoms with Crippen LogP contribution in [0.15, 0.2) is 16.6 Å². The fourth-order valence-corrected chi connectivity index (χ4v) is 1.03. The molecule has 0 aliphatic heterocycles. The Morgan fingerprint density at radius 3 is 2.64 bits per heavy atom. The van der Waals surface area contributed by atoms with E-state index in [0.29, 0.717) is 0 Å². The van der Waals surface area contributed by atoms with E-state index in [4.69, 9.17) is 5.11 Å². The Morgan fingerprint density at radius 1 is 1.55 bits per heavy atom. The predicted molar refractivity (Wildman–Crippen MR) is 42.3 cm³/mol. The topological polar surface area (TPSA) is 29.5 Å². The third-order valence-electron chi connectivity index (χ3n) is 1.23. The Hall–Kier alpha value is -0.770. The van der Waals surface area contributed by atoms with E-state index in [1.165, 1.54) is 19.2 Å². The maximum atomic E-state index is 12.9. The molecule has 0 atom stereocenters. The fraction of sp³-hybridized carbons (Fsp3) is 0.143. The van der Waals surface area contributed by atoms with Gasteiger partial charge in [-0.2, -0.15) is 0 Å². The molecular formula is C7H6BrFO2. The quantitative estimate of drug-likeness (QED) is 0.788. The van der Waals surface area contributed by atoms with Gasteiger partial charge < -0.3 is 9.84 Å². The van der Waals surface area contributed by atoms with Crippen molar-refractivity contribution >= 4 is 15.9 Å². The second kappa shape index (κ2) is 3.09. The summed E-state index contributed by atoms with van der Waals surface area (Å²) in [5.74, 6) is -0.930. The number of methoxy groups -OCH3 is 1. The van der Waals surface area contributed by atoms with Crippen LogP contribution in [0.2, 0.25) is 0 Å². The smallest absolute Gasteiger partial charge is 0.197 e. The molecule has 1 aromatic rings. The molecule has 0 fully saturated rings. The molecule has 0 aromatic heterocycles. The SMILES string of the molecule is COc1c(O)ccc(Br)c1F. The van der Waals surface area contributed by atoms with E-state index < -0.39 is 5.82 Å². The van der Waals surface area contributed by atoms with Crippen LogP contribution in [0.5, 0.6) is 11.5 Å². The fourth-order valence-electron chi connectivity index (χ4n) is 0.716. The molecular weight excluding hydrogens is 215 g/mol. The van der Waals surface area contributed by atoms with Gasteiger partial charge in [-0.15, -0.1) is 0 Å². The summed E-state index contributed by atoms with van der Waals surface area (Å²) in [5.41, 5.74) is 0. The highest BCUT2D eigenvalue weighted by molar-refractivity contribution is 9.10. The Labute approximate surface area is 71.7 Å². The van der Waals surface area contributed by atoms with Gasteiger partial charge in [0, 0.05) is 0 Å². The molecule has 0 heterocycles. The number of halogens is 2. The van der Waals surface area contributed by atoms with Gasteiger partial charge >= 0.3 is 0 Å². The molecule has 0 aliphatic carbocycles. The van der Waals surface area contributed by atoms with E-state index in [1.54, 1.807) is 0 Å². The Bertz CT molecular complexity index is 275. The monoisotopic (exact) mass is 220 g/mol. The maximum Gasteiger partial charge on any atom is 0.197 e. The Kier molecular flexibility index (Phi) is 2.34. The standard InChI is InChI=1S/C7H6BrFO2/c1-11-7-5(10)3-2-4(8)6(7)9/h2-3,10H,1H3. The van der Waals surface area contributed by atoms with Crippen molar-refractivity contribution < 1.29 is 14.2 Å². The molecule has 0 radical (unpaired) electrons. The van der Waals surface area contributed by atoms with Gasteiger partial charge in [0.2, 0.25) is 0 Å². The van der Waals surface area contributed by atoms with Crippen LogP contribution in [0, 0.1) is 5.82 Å². The molecule has 0 saturated carbocycles. The summed E-state index contributed by atoms with van der Waals surface area (Å²) in [7, 11) is 1.30. The zero-order valence-electron chi connectivity index (χ0n) is 5.77. The van der Waals surface area contributed by atoms with Gasteiger partial charge in [-0.25, -0.2) is 4.39 Å². The van der Waals surface area contributed by atoms with Gasteiger partial charge in [0.1, 0.15) is 0 Å². The molecule has 11 heavy (non-hydrogen) atoms. The first-order valence-electron chi connectivity index (χ1n) is 2.87. The van der Waals surface area contributed by atoms with Crippen LogP contribution < -0.4 is 4.74 Å². The second-order valence-electron chi connectivity index (χ2n) is 1.91. The van der Waals surface area contributed by atoms with Crippen molar-refractivity contribution in [1.29, 1.82) is 0 Å². The van der Waals surface area contributed by atoms with Crippen LogP contribution in [0.3, 0.4) is 0 Å². The largest absolute Gasteiger partial charge is 0.504 e. The van der Waals surface area contributed by atoms with Crippen molar-refractivity contribution in [2.45, 2.75) is 0 Å². The number of ether oxygens (including phenoxy) is 1. The summed E-state index contributed by atoms with van der Waals surface area (Å²) in [4.78, 5) is 0. The van der Waals surface area contributed by atoms with E-state index in [0.717, 1.165) is 0 Å². The molecule has 2 nitrogen and oxygen atoms in total. The molecule has 0 amide bonds. The highest BCUT2D eigenvalue weighted by Gasteiger charge is 2.10. The number of benzene rings is 1. The minimum atomic E-state index is -0.590. The first-order chi connectivity index (χ1) is 5.16. The van der Waals surface area contributed by atoms with Crippen molar-refractivity contribution in [3.63, 3.8) is 0 Å². The summed E-state index contributed by atoms with van der Waals surface area (Å²) >= 11 is 2.95. The van der Waals surface area contributed by atoms with Gasteiger partial charge in [0.25, 0.3) is 0 Å². The molecule has 4 heteroatoms. The number of phenols is 1. The summed E-state index contributed by atoms with van der Waals surface area (Å²) in [6.07, 6.45) is 0. The lowest BCUT2D eigenvalue weighted by molar-refractivity contribution is 0.350. The van der Waals surface area contributed by atoms with Gasteiger partial charge in [-0.3, -0.25) is 0 Å². The first kappa shape index (κ1) is 8.33. The number of aromatic hydroxyl groups is 1. The van der Waals surface area contributed by atoms with E-state index in [-0.39, 0.29) is 16.0 Å². The minimum absolute atomic E-state index is 0.139. The van der Waals surface area contributed by atoms with Crippen molar-refractivity contribution in [2.24, 2.45) is 0 Å². The lowest BCUT2D eigenvalue weighted by atomic mass is 10.3. The van der Waals surface area contributed by atoms with Crippen LogP contribution in [0.4, 0.5) is 4.39 Å². The highest BCUT2D eigenvalue weighted by Crippen LogP contribution is 2.33. The van der Waals surface area contributed by atoms with Gasteiger partial charge in [-0.05, 0) is 28.1 Å². The average molecular weight is 221 g/mol. The van der Waals surface area contributed by atoms with Crippen molar-refractivity contribution in [3.8, 4) is 11.5 Å². The maximum absolute atomic E-state index is 12.9. The van der Waals surface area contributed by atoms with Crippen LogP contribution in [-0.4, -0.2) is 12.2 Å². The molecule has 60 valence electrons. The summed E-state index contributed by atoms with van der Waals surface area (Å²) < 4.78 is 17.8. The number of rotatable bonds is 1. The van der Waals surface area contributed by atoms with Crippen molar-refractivity contribution in [1.82, 2.24) is 0 Å². The lowest BCUT2D eigenvalue weighted by Gasteiger charge is -2.04. The van der Waals surface area contributed by atoms with Crippen LogP contribution in [-0.2, 0) is 0 Å². The van der Waals surface area contributed by atoms with Crippen LogP contribution in [0.25, 0.3) is 0 Å². The molecule has 0 saturated heterocycles. The molecule has 0 unspecified atom stereocenters. The van der Waals surface area contributed by atoms with E-state index in [2.05, 4.69) is 20.7 Å². The second-order valence-corrected chi connectivity index (χ2v) is 2.77. The normalized spacial score (nSPS) is 9.73. The number of hydrogen-bond acceptors (Lipinski definition) is 2. The number of hydrogen-bond donors (Lipinski definition) is 1. The zero-order chi connectivity index (χ0) is 8.43. The predicted octanol–water partition coefficient (Wildman–Crippen LogP) is 2.30. The Balaban J connectivity index is 3.29. The molecule has 0 aliphatic rings. The molecule has 1 N–H and O–H groups in total. The minimum Gasteiger partial charge on any atom is -0.504 e. The van der Waals surface area contributed by atoms with Gasteiger partial charge in [0.15, 0.2) is 17.3 Å². The average Bonchev–Trinajstić information content (AvgIpc) is 1.99. The zero-order valence-corrected chi connectivity index (χ0v) is 7.35. The third-order valence-corrected chi connectivity index (χ3v) is 1.85. The molecule has 1 rings (SSSR count). The molecule has 0 spiro atoms. The van der Waals surface area contributed by atoms with Crippen molar-refractivity contribution in [2.75, 3.05) is 7.11 Å². The number of phenolic OH excluding ortho intramolecular Hbond substituents is 1. The van der Waals surface area contributed by atoms with Gasteiger partial charge in [0.05, 0.1) is 11.6 Å². The summed E-state index contributed by atoms with van der Waals surface area (Å²) in [6.45, 7) is 0. The van der Waals surface area contributed by atoms with Gasteiger partial charge in [-0.1, -0.05) is 0 Å². The third kappa shape index (κ3) is 1.45. The molecule has 0 bridgehead atoms. The highest BCUT2D eigenvalue weighted by atomic mass is 79.9. The van der Waals surface area contributed by atoms with Crippen LogP contribution in [0.1, 0.15) is 0 Å². The van der Waals surface area contributed by atoms with Crippen molar-refractivity contribution in [3.05, 3.63) is 22.4 Å². The van der Waals surface area contributed by atoms with E-state index in [1.807, 2.05) is 0 Å². The van der Waals surface area contributed by atoms with Crippen LogP contribution >= 0.6 is 15.9 Å².